The van der Waals surface area contributed by atoms with Crippen LogP contribution in [-0.2, 0) is 19.2 Å². The number of ketones is 2. The smallest absolute Gasteiger partial charge is 0.288 e. The Morgan fingerprint density at radius 1 is 0.900 bits per heavy atom. The molecule has 0 bridgehead atoms. The molecule has 2 amide bonds. The van der Waals surface area contributed by atoms with E-state index in [1.165, 1.54) is 0 Å². The molecule has 0 aromatic carbocycles. The number of hydrogen-bond donors (Lipinski definition) is 1. The topological polar surface area (TPSA) is 80.3 Å². The molecule has 0 saturated carbocycles. The van der Waals surface area contributed by atoms with Crippen molar-refractivity contribution in [1.82, 2.24) is 5.32 Å². The number of carbonyl (C=O) groups is 4. The molecule has 1 heterocycles. The number of rotatable bonds is 0. The minimum absolute atomic E-state index is 0.593. The summed E-state index contributed by atoms with van der Waals surface area (Å²) in [5.41, 5.74) is 0. The Morgan fingerprint density at radius 3 is 1.60 bits per heavy atom. The average molecular weight is 141 g/mol. The van der Waals surface area contributed by atoms with Gasteiger partial charge in [-0.3, -0.25) is 24.5 Å². The van der Waals surface area contributed by atoms with Crippen molar-refractivity contribution < 1.29 is 19.2 Å². The third-order valence-electron chi connectivity index (χ3n) is 1.05. The predicted octanol–water partition coefficient (Wildman–Crippen LogP) is -1.83. The van der Waals surface area contributed by atoms with E-state index in [1.54, 1.807) is 5.32 Å². The summed E-state index contributed by atoms with van der Waals surface area (Å²) >= 11 is 0. The van der Waals surface area contributed by atoms with Crippen molar-refractivity contribution in [2.75, 3.05) is 0 Å². The number of Topliss-reactive ketones (excluding diaryl/α,β-unsaturated/α-hetero) is 2. The van der Waals surface area contributed by atoms with Crippen LogP contribution in [0.3, 0.4) is 0 Å². The number of hydrogen-bond acceptors (Lipinski definition) is 4. The Morgan fingerprint density at radius 2 is 1.30 bits per heavy atom. The van der Waals surface area contributed by atoms with Crippen LogP contribution in [0.1, 0.15) is 6.42 Å². The van der Waals surface area contributed by atoms with Gasteiger partial charge < -0.3 is 0 Å². The summed E-state index contributed by atoms with van der Waals surface area (Å²) in [6, 6.07) is 0. The van der Waals surface area contributed by atoms with Crippen LogP contribution in [-0.4, -0.2) is 23.4 Å². The highest BCUT2D eigenvalue weighted by Crippen LogP contribution is 1.93. The summed E-state index contributed by atoms with van der Waals surface area (Å²) in [4.78, 5) is 41.4. The summed E-state index contributed by atoms with van der Waals surface area (Å²) in [5.74, 6) is -3.71. The molecular weight excluding hydrogens is 138 g/mol. The molecule has 0 unspecified atom stereocenters. The zero-order valence-electron chi connectivity index (χ0n) is 4.84. The average Bonchev–Trinajstić information content (AvgIpc) is 1.84. The van der Waals surface area contributed by atoms with Gasteiger partial charge in [0.1, 0.15) is 0 Å². The second-order valence-electron chi connectivity index (χ2n) is 1.81. The molecule has 52 valence electrons. The van der Waals surface area contributed by atoms with Gasteiger partial charge in [-0.15, -0.1) is 0 Å². The van der Waals surface area contributed by atoms with E-state index >= 15 is 0 Å². The van der Waals surface area contributed by atoms with Gasteiger partial charge in [0.15, 0.2) is 0 Å². The fourth-order valence-corrected chi connectivity index (χ4v) is 0.549. The van der Waals surface area contributed by atoms with Gasteiger partial charge in [0.25, 0.3) is 11.8 Å². The van der Waals surface area contributed by atoms with Crippen molar-refractivity contribution >= 4 is 23.4 Å². The molecular formula is C5H3NO4. The van der Waals surface area contributed by atoms with Crippen LogP contribution in [0, 0.1) is 0 Å². The van der Waals surface area contributed by atoms with Crippen LogP contribution in [0.15, 0.2) is 0 Å². The molecule has 1 N–H and O–H groups in total. The van der Waals surface area contributed by atoms with Gasteiger partial charge in [-0.25, -0.2) is 0 Å². The van der Waals surface area contributed by atoms with E-state index in [1.807, 2.05) is 0 Å². The largest absolute Gasteiger partial charge is 0.294 e. The maximum absolute atomic E-state index is 10.4. The summed E-state index contributed by atoms with van der Waals surface area (Å²) in [6.07, 6.45) is -0.593. The SMILES string of the molecule is O=C1CC(=O)C(=O)NC1=O. The van der Waals surface area contributed by atoms with E-state index in [-0.39, 0.29) is 0 Å². The molecule has 0 aliphatic carbocycles. The van der Waals surface area contributed by atoms with Gasteiger partial charge in [-0.2, -0.15) is 0 Å². The highest BCUT2D eigenvalue weighted by Gasteiger charge is 2.30. The summed E-state index contributed by atoms with van der Waals surface area (Å²) < 4.78 is 0. The van der Waals surface area contributed by atoms with Gasteiger partial charge in [0, 0.05) is 0 Å². The van der Waals surface area contributed by atoms with E-state index in [9.17, 15) is 19.2 Å². The summed E-state index contributed by atoms with van der Waals surface area (Å²) in [5, 5.41) is 1.60. The maximum Gasteiger partial charge on any atom is 0.294 e. The first kappa shape index (κ1) is 6.60. The first-order valence-corrected chi connectivity index (χ1v) is 2.52. The molecule has 10 heavy (non-hydrogen) atoms. The minimum atomic E-state index is -0.996. The normalized spacial score (nSPS) is 19.2. The molecule has 0 aromatic heterocycles. The molecule has 1 fully saturated rings. The second-order valence-corrected chi connectivity index (χ2v) is 1.81. The first-order valence-electron chi connectivity index (χ1n) is 2.52. The Labute approximate surface area is 55.4 Å². The molecule has 1 rings (SSSR count). The van der Waals surface area contributed by atoms with Gasteiger partial charge in [-0.05, 0) is 0 Å². The van der Waals surface area contributed by atoms with E-state index < -0.39 is 29.8 Å². The van der Waals surface area contributed by atoms with E-state index in [4.69, 9.17) is 0 Å². The Hall–Kier alpha value is -1.52. The first-order chi connectivity index (χ1) is 4.61. The summed E-state index contributed by atoms with van der Waals surface area (Å²) in [7, 11) is 0. The predicted molar refractivity (Wildman–Crippen MR) is 27.8 cm³/mol. The van der Waals surface area contributed by atoms with Crippen molar-refractivity contribution in [3.8, 4) is 0 Å². The lowest BCUT2D eigenvalue weighted by Gasteiger charge is -2.05. The molecule has 1 saturated heterocycles. The van der Waals surface area contributed by atoms with Crippen molar-refractivity contribution in [1.29, 1.82) is 0 Å². The summed E-state index contributed by atoms with van der Waals surface area (Å²) in [6.45, 7) is 0. The number of imide groups is 1. The van der Waals surface area contributed by atoms with Crippen LogP contribution < -0.4 is 5.32 Å². The zero-order valence-corrected chi connectivity index (χ0v) is 4.84. The number of nitrogens with one attached hydrogen (secondary N) is 1. The Bertz CT molecular complexity index is 192. The maximum atomic E-state index is 10.4. The monoisotopic (exact) mass is 141 g/mol. The molecule has 1 aliphatic heterocycles. The van der Waals surface area contributed by atoms with E-state index in [0.29, 0.717) is 0 Å². The third kappa shape index (κ3) is 0.928. The lowest BCUT2D eigenvalue weighted by molar-refractivity contribution is -0.150. The van der Waals surface area contributed by atoms with Gasteiger partial charge in [0.05, 0.1) is 6.42 Å². The van der Waals surface area contributed by atoms with Crippen LogP contribution in [0.25, 0.3) is 0 Å². The van der Waals surface area contributed by atoms with Crippen molar-refractivity contribution in [3.63, 3.8) is 0 Å². The van der Waals surface area contributed by atoms with Crippen molar-refractivity contribution in [2.45, 2.75) is 6.42 Å². The number of amides is 2. The molecule has 0 spiro atoms. The highest BCUT2D eigenvalue weighted by molar-refractivity contribution is 6.56. The number of piperidine rings is 1. The second kappa shape index (κ2) is 2.02. The fraction of sp³-hybridized carbons (Fsp3) is 0.200. The standard InChI is InChI=1S/C5H3NO4/c7-2-1-3(8)5(10)6-4(2)9/h1H2,(H,6,9,10). The lowest BCUT2D eigenvalue weighted by atomic mass is 10.1. The van der Waals surface area contributed by atoms with Crippen LogP contribution in [0.5, 0.6) is 0 Å². The van der Waals surface area contributed by atoms with Crippen molar-refractivity contribution in [3.05, 3.63) is 0 Å². The molecule has 1 aliphatic rings. The lowest BCUT2D eigenvalue weighted by Crippen LogP contribution is -2.46. The molecule has 0 aromatic rings. The van der Waals surface area contributed by atoms with Crippen molar-refractivity contribution in [2.24, 2.45) is 0 Å². The third-order valence-corrected chi connectivity index (χ3v) is 1.05. The van der Waals surface area contributed by atoms with Crippen LogP contribution >= 0.6 is 0 Å². The van der Waals surface area contributed by atoms with Gasteiger partial charge in [0.2, 0.25) is 11.6 Å². The van der Waals surface area contributed by atoms with E-state index in [2.05, 4.69) is 0 Å². The highest BCUT2D eigenvalue weighted by atomic mass is 16.2. The Balaban J connectivity index is 2.82. The quantitative estimate of drug-likeness (QED) is 0.244. The molecule has 5 heteroatoms. The number of carbonyl (C=O) groups excluding carboxylic acids is 4. The molecule has 0 radical (unpaired) electrons. The van der Waals surface area contributed by atoms with Crippen LogP contribution in [0.2, 0.25) is 0 Å². The molecule has 0 atom stereocenters. The van der Waals surface area contributed by atoms with Gasteiger partial charge >= 0.3 is 0 Å². The zero-order chi connectivity index (χ0) is 7.72. The minimum Gasteiger partial charge on any atom is -0.288 e. The van der Waals surface area contributed by atoms with Crippen LogP contribution in [0.4, 0.5) is 0 Å². The van der Waals surface area contributed by atoms with E-state index in [0.717, 1.165) is 0 Å². The van der Waals surface area contributed by atoms with Gasteiger partial charge in [-0.1, -0.05) is 0 Å². The molecule has 5 nitrogen and oxygen atoms in total. The Kier molecular flexibility index (Phi) is 1.33. The fourth-order valence-electron chi connectivity index (χ4n) is 0.549.